The molecular weight excluding hydrogens is 428 g/mol. The van der Waals surface area contributed by atoms with E-state index in [-0.39, 0.29) is 22.0 Å². The highest BCUT2D eigenvalue weighted by atomic mass is 32.1. The largest absolute Gasteiger partial charge is 0.422 e. The monoisotopic (exact) mass is 438 g/mol. The van der Waals surface area contributed by atoms with Crippen LogP contribution in [0, 0.1) is 20.2 Å². The van der Waals surface area contributed by atoms with E-state index >= 15 is 0 Å². The Hall–Kier alpha value is -4.45. The van der Waals surface area contributed by atoms with Gasteiger partial charge >= 0.3 is 5.63 Å². The van der Waals surface area contributed by atoms with E-state index in [1.807, 2.05) is 0 Å². The summed E-state index contributed by atoms with van der Waals surface area (Å²) in [5, 5.41) is 26.7. The average molecular weight is 438 g/mol. The Morgan fingerprint density at radius 1 is 1.03 bits per heavy atom. The first-order valence-corrected chi connectivity index (χ1v) is 9.44. The lowest BCUT2D eigenvalue weighted by molar-refractivity contribution is -0.394. The molecule has 2 heterocycles. The van der Waals surface area contributed by atoms with Crippen LogP contribution in [0.1, 0.15) is 10.4 Å². The number of aromatic nitrogens is 1. The minimum Gasteiger partial charge on any atom is -0.422 e. The van der Waals surface area contributed by atoms with Gasteiger partial charge in [0.2, 0.25) is 0 Å². The number of hydrogen-bond acceptors (Lipinski definition) is 9. The van der Waals surface area contributed by atoms with E-state index in [0.717, 1.165) is 29.5 Å². The fraction of sp³-hybridized carbons (Fsp3) is 0. The fourth-order valence-electron chi connectivity index (χ4n) is 2.80. The highest BCUT2D eigenvalue weighted by Gasteiger charge is 2.21. The molecule has 0 unspecified atom stereocenters. The smallest absolute Gasteiger partial charge is 0.345 e. The van der Waals surface area contributed by atoms with Crippen molar-refractivity contribution in [2.24, 2.45) is 0 Å². The Kier molecular flexibility index (Phi) is 4.97. The lowest BCUT2D eigenvalue weighted by atomic mass is 10.1. The number of thiazole rings is 1. The molecule has 0 saturated carbocycles. The van der Waals surface area contributed by atoms with Crippen LogP contribution >= 0.6 is 11.3 Å². The summed E-state index contributed by atoms with van der Waals surface area (Å²) in [5.41, 5.74) is -1.17. The molecule has 12 heteroatoms. The molecule has 0 bridgehead atoms. The highest BCUT2D eigenvalue weighted by molar-refractivity contribution is 7.14. The number of rotatable bonds is 5. The summed E-state index contributed by atoms with van der Waals surface area (Å²) < 4.78 is 5.27. The summed E-state index contributed by atoms with van der Waals surface area (Å²) >= 11 is 1.01. The predicted molar refractivity (Wildman–Crippen MR) is 111 cm³/mol. The van der Waals surface area contributed by atoms with Crippen molar-refractivity contribution in [3.63, 3.8) is 0 Å². The van der Waals surface area contributed by atoms with Gasteiger partial charge in [-0.25, -0.2) is 9.78 Å². The molecule has 1 N–H and O–H groups in total. The molecule has 11 nitrogen and oxygen atoms in total. The summed E-state index contributed by atoms with van der Waals surface area (Å²) in [7, 11) is 0. The number of nitrogens with one attached hydrogen (secondary N) is 1. The molecule has 0 radical (unpaired) electrons. The SMILES string of the molecule is O=C(Nc1nc(-c2cc3ccccc3oc2=O)cs1)c1cc([N+](=O)[O-])cc([N+](=O)[O-])c1. The third kappa shape index (κ3) is 4.00. The number of para-hydroxylation sites is 1. The van der Waals surface area contributed by atoms with Gasteiger partial charge in [0.25, 0.3) is 17.3 Å². The Labute approximate surface area is 175 Å². The van der Waals surface area contributed by atoms with Crippen molar-refractivity contribution >= 4 is 44.7 Å². The molecule has 2 aromatic heterocycles. The van der Waals surface area contributed by atoms with Crippen LogP contribution in [0.5, 0.6) is 0 Å². The van der Waals surface area contributed by atoms with E-state index < -0.39 is 32.8 Å². The molecule has 0 aliphatic heterocycles. The van der Waals surface area contributed by atoms with Crippen LogP contribution in [0.25, 0.3) is 22.2 Å². The van der Waals surface area contributed by atoms with Gasteiger partial charge in [-0.15, -0.1) is 11.3 Å². The Bertz CT molecular complexity index is 1390. The van der Waals surface area contributed by atoms with E-state index in [2.05, 4.69) is 10.3 Å². The Morgan fingerprint density at radius 2 is 1.71 bits per heavy atom. The van der Waals surface area contributed by atoms with E-state index in [4.69, 9.17) is 4.42 Å². The molecule has 4 aromatic rings. The van der Waals surface area contributed by atoms with Crippen LogP contribution < -0.4 is 10.9 Å². The molecule has 1 amide bonds. The number of non-ortho nitro benzene ring substituents is 2. The van der Waals surface area contributed by atoms with Crippen molar-refractivity contribution in [3.05, 3.63) is 90.1 Å². The molecule has 0 aliphatic carbocycles. The van der Waals surface area contributed by atoms with Crippen LogP contribution in [0.4, 0.5) is 16.5 Å². The molecule has 0 spiro atoms. The molecule has 0 fully saturated rings. The molecule has 0 saturated heterocycles. The maximum Gasteiger partial charge on any atom is 0.345 e. The van der Waals surface area contributed by atoms with Crippen molar-refractivity contribution in [1.29, 1.82) is 0 Å². The molecule has 4 rings (SSSR count). The predicted octanol–water partition coefficient (Wildman–Crippen LogP) is 3.99. The van der Waals surface area contributed by atoms with Crippen LogP contribution in [-0.4, -0.2) is 20.7 Å². The second-order valence-electron chi connectivity index (χ2n) is 6.23. The number of nitro benzene ring substituents is 2. The van der Waals surface area contributed by atoms with Gasteiger partial charge in [-0.05, 0) is 12.1 Å². The molecule has 0 aliphatic rings. The first-order chi connectivity index (χ1) is 14.8. The van der Waals surface area contributed by atoms with Gasteiger partial charge in [0.1, 0.15) is 5.58 Å². The van der Waals surface area contributed by atoms with Gasteiger partial charge in [0.05, 0.1) is 32.7 Å². The first-order valence-electron chi connectivity index (χ1n) is 8.56. The third-order valence-corrected chi connectivity index (χ3v) is 4.99. The molecular formula is C19H10N4O7S. The number of nitro groups is 2. The summed E-state index contributed by atoms with van der Waals surface area (Å²) in [6.07, 6.45) is 0. The summed E-state index contributed by atoms with van der Waals surface area (Å²) in [4.78, 5) is 49.3. The van der Waals surface area contributed by atoms with E-state index in [1.54, 1.807) is 30.3 Å². The number of nitrogens with zero attached hydrogens (tertiary/aromatic N) is 3. The molecule has 2 aromatic carbocycles. The van der Waals surface area contributed by atoms with Crippen molar-refractivity contribution in [2.45, 2.75) is 0 Å². The van der Waals surface area contributed by atoms with Crippen molar-refractivity contribution in [3.8, 4) is 11.3 Å². The number of benzene rings is 2. The summed E-state index contributed by atoms with van der Waals surface area (Å²) in [6, 6.07) is 11.2. The zero-order valence-corrected chi connectivity index (χ0v) is 16.1. The Balaban J connectivity index is 1.63. The maximum atomic E-state index is 12.5. The number of hydrogen-bond donors (Lipinski definition) is 1. The number of carbonyl (C=O) groups is 1. The normalized spacial score (nSPS) is 10.7. The van der Waals surface area contributed by atoms with Crippen LogP contribution in [0.15, 0.2) is 63.1 Å². The topological polar surface area (TPSA) is 158 Å². The van der Waals surface area contributed by atoms with Gasteiger partial charge in [-0.1, -0.05) is 18.2 Å². The molecule has 31 heavy (non-hydrogen) atoms. The van der Waals surface area contributed by atoms with Crippen LogP contribution in [0.2, 0.25) is 0 Å². The molecule has 0 atom stereocenters. The first kappa shape index (κ1) is 19.8. The van der Waals surface area contributed by atoms with Crippen molar-refractivity contribution in [2.75, 3.05) is 5.32 Å². The van der Waals surface area contributed by atoms with Gasteiger partial charge in [-0.3, -0.25) is 30.3 Å². The summed E-state index contributed by atoms with van der Waals surface area (Å²) in [6.45, 7) is 0. The fourth-order valence-corrected chi connectivity index (χ4v) is 3.51. The van der Waals surface area contributed by atoms with E-state index in [0.29, 0.717) is 11.0 Å². The van der Waals surface area contributed by atoms with E-state index in [1.165, 1.54) is 5.38 Å². The number of fused-ring (bicyclic) bond motifs is 1. The minimum atomic E-state index is -0.829. The van der Waals surface area contributed by atoms with Gasteiger partial charge in [0, 0.05) is 22.9 Å². The number of carbonyl (C=O) groups excluding carboxylic acids is 1. The number of amides is 1. The summed E-state index contributed by atoms with van der Waals surface area (Å²) in [5.74, 6) is -0.821. The standard InChI is InChI=1S/C19H10N4O7S/c24-17(11-5-12(22(26)27)8-13(6-11)23(28)29)21-19-20-15(9-31-19)14-7-10-3-1-2-4-16(10)30-18(14)25/h1-9H,(H,20,21,24). The van der Waals surface area contributed by atoms with Crippen molar-refractivity contribution in [1.82, 2.24) is 4.98 Å². The van der Waals surface area contributed by atoms with Crippen LogP contribution in [0.3, 0.4) is 0 Å². The maximum absolute atomic E-state index is 12.5. The number of anilines is 1. The third-order valence-electron chi connectivity index (χ3n) is 4.23. The van der Waals surface area contributed by atoms with Crippen LogP contribution in [-0.2, 0) is 0 Å². The Morgan fingerprint density at radius 3 is 2.39 bits per heavy atom. The van der Waals surface area contributed by atoms with Gasteiger partial charge in [0.15, 0.2) is 5.13 Å². The molecule has 154 valence electrons. The van der Waals surface area contributed by atoms with E-state index in [9.17, 15) is 29.8 Å². The lowest BCUT2D eigenvalue weighted by Gasteiger charge is -2.02. The zero-order chi connectivity index (χ0) is 22.1. The quantitative estimate of drug-likeness (QED) is 0.278. The lowest BCUT2D eigenvalue weighted by Crippen LogP contribution is -2.12. The average Bonchev–Trinajstić information content (AvgIpc) is 3.20. The zero-order valence-electron chi connectivity index (χ0n) is 15.3. The second kappa shape index (κ2) is 7.76. The van der Waals surface area contributed by atoms with Gasteiger partial charge < -0.3 is 4.42 Å². The minimum absolute atomic E-state index is 0.0988. The highest BCUT2D eigenvalue weighted by Crippen LogP contribution is 2.27. The van der Waals surface area contributed by atoms with Crippen molar-refractivity contribution < 1.29 is 19.1 Å². The second-order valence-corrected chi connectivity index (χ2v) is 7.09. The van der Waals surface area contributed by atoms with Gasteiger partial charge in [-0.2, -0.15) is 0 Å².